The fraction of sp³-hybridized carbons (Fsp3) is 0.941. The zero-order chi connectivity index (χ0) is 15.8. The first-order chi connectivity index (χ1) is 9.99. The maximum Gasteiger partial charge on any atom is 0.227 e. The van der Waals surface area contributed by atoms with E-state index in [0.717, 1.165) is 31.8 Å². The number of amides is 1. The number of likely N-dealkylation sites (tertiary alicyclic amines) is 1. The summed E-state index contributed by atoms with van der Waals surface area (Å²) in [6, 6.07) is 0. The van der Waals surface area contributed by atoms with Crippen molar-refractivity contribution >= 4 is 5.91 Å². The van der Waals surface area contributed by atoms with Gasteiger partial charge in [0.25, 0.3) is 0 Å². The average molecular weight is 297 g/mol. The van der Waals surface area contributed by atoms with Gasteiger partial charge in [-0.15, -0.1) is 0 Å². The van der Waals surface area contributed by atoms with Gasteiger partial charge in [-0.05, 0) is 44.7 Å². The van der Waals surface area contributed by atoms with Crippen LogP contribution in [-0.2, 0) is 4.79 Å². The number of rotatable bonds is 8. The van der Waals surface area contributed by atoms with Gasteiger partial charge in [-0.25, -0.2) is 0 Å². The van der Waals surface area contributed by atoms with Crippen LogP contribution in [0.25, 0.3) is 0 Å². The topological polar surface area (TPSA) is 49.6 Å². The lowest BCUT2D eigenvalue weighted by molar-refractivity contribution is -0.138. The van der Waals surface area contributed by atoms with E-state index >= 15 is 0 Å². The van der Waals surface area contributed by atoms with Crippen molar-refractivity contribution in [1.29, 1.82) is 0 Å². The first kappa shape index (κ1) is 18.4. The van der Waals surface area contributed by atoms with Gasteiger partial charge in [-0.1, -0.05) is 27.2 Å². The number of carbonyl (C=O) groups excluding carboxylic acids is 1. The van der Waals surface area contributed by atoms with E-state index in [9.17, 15) is 4.79 Å². The number of unbranched alkanes of at least 4 members (excludes halogenated alkanes) is 1. The summed E-state index contributed by atoms with van der Waals surface area (Å²) in [5.74, 6) is 1.34. The molecule has 1 heterocycles. The largest absolute Gasteiger partial charge is 0.342 e. The molecule has 0 spiro atoms. The first-order valence-corrected chi connectivity index (χ1v) is 8.66. The second-order valence-electron chi connectivity index (χ2n) is 6.97. The molecule has 0 aromatic rings. The Bertz CT molecular complexity index is 298. The van der Waals surface area contributed by atoms with Gasteiger partial charge in [0.1, 0.15) is 0 Å². The van der Waals surface area contributed by atoms with Crippen LogP contribution < -0.4 is 5.73 Å². The molecule has 1 saturated heterocycles. The molecule has 0 aliphatic carbocycles. The molecule has 1 unspecified atom stereocenters. The molecule has 0 saturated carbocycles. The number of nitrogens with zero attached hydrogens (tertiary/aromatic N) is 2. The van der Waals surface area contributed by atoms with Crippen LogP contribution in [0.3, 0.4) is 0 Å². The molecule has 0 bridgehead atoms. The van der Waals surface area contributed by atoms with Crippen LogP contribution in [0.15, 0.2) is 0 Å². The summed E-state index contributed by atoms with van der Waals surface area (Å²) >= 11 is 0. The molecular weight excluding hydrogens is 262 g/mol. The highest BCUT2D eigenvalue weighted by Crippen LogP contribution is 2.21. The van der Waals surface area contributed by atoms with Crippen molar-refractivity contribution in [2.24, 2.45) is 23.5 Å². The van der Waals surface area contributed by atoms with Crippen LogP contribution in [0.1, 0.15) is 46.5 Å². The van der Waals surface area contributed by atoms with Crippen molar-refractivity contribution in [2.75, 3.05) is 39.8 Å². The Hall–Kier alpha value is -0.610. The molecule has 1 amide bonds. The molecule has 1 rings (SSSR count). The van der Waals surface area contributed by atoms with Crippen molar-refractivity contribution in [3.05, 3.63) is 0 Å². The van der Waals surface area contributed by atoms with Gasteiger partial charge in [0.05, 0.1) is 5.92 Å². The third-order valence-electron chi connectivity index (χ3n) is 4.77. The molecule has 124 valence electrons. The van der Waals surface area contributed by atoms with Gasteiger partial charge < -0.3 is 15.5 Å². The van der Waals surface area contributed by atoms with E-state index in [1.165, 1.54) is 25.9 Å². The molecule has 0 aromatic carbocycles. The van der Waals surface area contributed by atoms with Crippen molar-refractivity contribution in [2.45, 2.75) is 46.5 Å². The Morgan fingerprint density at radius 1 is 1.33 bits per heavy atom. The summed E-state index contributed by atoms with van der Waals surface area (Å²) in [6.07, 6.45) is 4.81. The minimum Gasteiger partial charge on any atom is -0.342 e. The van der Waals surface area contributed by atoms with Gasteiger partial charge in [0.15, 0.2) is 0 Å². The monoisotopic (exact) mass is 297 g/mol. The molecular formula is C17H35N3O. The summed E-state index contributed by atoms with van der Waals surface area (Å²) in [5, 5.41) is 0. The highest BCUT2D eigenvalue weighted by atomic mass is 16.2. The van der Waals surface area contributed by atoms with Gasteiger partial charge >= 0.3 is 0 Å². The predicted molar refractivity (Wildman–Crippen MR) is 89.1 cm³/mol. The Labute approximate surface area is 131 Å². The van der Waals surface area contributed by atoms with Crippen LogP contribution in [-0.4, -0.2) is 55.5 Å². The SMILES string of the molecule is CCCCN(C)CC1CCN(C(=O)C(CN)C(C)C)CC1. The third-order valence-corrected chi connectivity index (χ3v) is 4.77. The van der Waals surface area contributed by atoms with E-state index in [4.69, 9.17) is 5.73 Å². The van der Waals surface area contributed by atoms with Gasteiger partial charge in [0.2, 0.25) is 5.91 Å². The second-order valence-corrected chi connectivity index (χ2v) is 6.97. The minimum absolute atomic E-state index is 0.00576. The van der Waals surface area contributed by atoms with E-state index in [-0.39, 0.29) is 11.8 Å². The van der Waals surface area contributed by atoms with E-state index in [1.54, 1.807) is 0 Å². The smallest absolute Gasteiger partial charge is 0.227 e. The normalized spacial score (nSPS) is 18.5. The number of hydrogen-bond donors (Lipinski definition) is 1. The Morgan fingerprint density at radius 2 is 1.95 bits per heavy atom. The molecule has 21 heavy (non-hydrogen) atoms. The summed E-state index contributed by atoms with van der Waals surface area (Å²) in [5.41, 5.74) is 5.77. The number of nitrogens with two attached hydrogens (primary N) is 1. The number of piperidine rings is 1. The molecule has 4 nitrogen and oxygen atoms in total. The van der Waals surface area contributed by atoms with Crippen molar-refractivity contribution < 1.29 is 4.79 Å². The molecule has 2 N–H and O–H groups in total. The van der Waals surface area contributed by atoms with Crippen LogP contribution in [0.2, 0.25) is 0 Å². The number of carbonyl (C=O) groups is 1. The quantitative estimate of drug-likeness (QED) is 0.747. The Morgan fingerprint density at radius 3 is 2.43 bits per heavy atom. The zero-order valence-electron chi connectivity index (χ0n) is 14.5. The average Bonchev–Trinajstić information content (AvgIpc) is 2.46. The van der Waals surface area contributed by atoms with Gasteiger partial charge in [0, 0.05) is 26.2 Å². The standard InChI is InChI=1S/C17H35N3O/c1-5-6-9-19(4)13-15-7-10-20(11-8-15)17(21)16(12-18)14(2)3/h14-16H,5-13,18H2,1-4H3. The van der Waals surface area contributed by atoms with Crippen molar-refractivity contribution in [3.63, 3.8) is 0 Å². The molecule has 0 aromatic heterocycles. The Kier molecular flexibility index (Phi) is 8.27. The molecule has 1 fully saturated rings. The molecule has 1 aliphatic heterocycles. The van der Waals surface area contributed by atoms with Gasteiger partial charge in [-0.3, -0.25) is 4.79 Å². The summed E-state index contributed by atoms with van der Waals surface area (Å²) < 4.78 is 0. The third kappa shape index (κ3) is 5.95. The minimum atomic E-state index is -0.00576. The lowest BCUT2D eigenvalue weighted by atomic mass is 9.91. The van der Waals surface area contributed by atoms with E-state index in [0.29, 0.717) is 12.5 Å². The summed E-state index contributed by atoms with van der Waals surface area (Å²) in [6.45, 7) is 11.1. The molecule has 1 aliphatic rings. The maximum absolute atomic E-state index is 12.5. The summed E-state index contributed by atoms with van der Waals surface area (Å²) in [7, 11) is 2.22. The molecule has 1 atom stereocenters. The van der Waals surface area contributed by atoms with E-state index in [2.05, 4.69) is 32.7 Å². The van der Waals surface area contributed by atoms with Crippen molar-refractivity contribution in [1.82, 2.24) is 9.80 Å². The van der Waals surface area contributed by atoms with Gasteiger partial charge in [-0.2, -0.15) is 0 Å². The van der Waals surface area contributed by atoms with Crippen LogP contribution >= 0.6 is 0 Å². The first-order valence-electron chi connectivity index (χ1n) is 8.66. The summed E-state index contributed by atoms with van der Waals surface area (Å²) in [4.78, 5) is 17.0. The fourth-order valence-electron chi connectivity index (χ4n) is 3.19. The van der Waals surface area contributed by atoms with Crippen molar-refractivity contribution in [3.8, 4) is 0 Å². The molecule has 0 radical (unpaired) electrons. The van der Waals surface area contributed by atoms with Crippen LogP contribution in [0.4, 0.5) is 0 Å². The second kappa shape index (κ2) is 9.42. The number of hydrogen-bond acceptors (Lipinski definition) is 3. The maximum atomic E-state index is 12.5. The van der Waals surface area contributed by atoms with E-state index in [1.807, 2.05) is 4.90 Å². The lowest BCUT2D eigenvalue weighted by Gasteiger charge is -2.36. The Balaban J connectivity index is 2.36. The highest BCUT2D eigenvalue weighted by molar-refractivity contribution is 5.79. The van der Waals surface area contributed by atoms with E-state index < -0.39 is 0 Å². The predicted octanol–water partition coefficient (Wildman–Crippen LogP) is 2.19. The van der Waals surface area contributed by atoms with Crippen LogP contribution in [0, 0.1) is 17.8 Å². The fourth-order valence-corrected chi connectivity index (χ4v) is 3.19. The molecule has 4 heteroatoms. The highest BCUT2D eigenvalue weighted by Gasteiger charge is 2.29. The zero-order valence-corrected chi connectivity index (χ0v) is 14.5. The lowest BCUT2D eigenvalue weighted by Crippen LogP contribution is -2.46. The van der Waals surface area contributed by atoms with Crippen LogP contribution in [0.5, 0.6) is 0 Å².